The highest BCUT2D eigenvalue weighted by molar-refractivity contribution is 5.61. The summed E-state index contributed by atoms with van der Waals surface area (Å²) in [6.07, 6.45) is 3.23. The van der Waals surface area contributed by atoms with Crippen LogP contribution in [0, 0.1) is 10.7 Å². The standard InChI is InChI=1S/C18H20FN6O2/c1-12(2)23-11-13-9-14(19)3-4-16(13)27-8-6-20-25(26)15-10-21-24-7-5-17(23)22-18(15)24/h3-5,7,9-10,12H,6,8,11H2,1-2H3,(H,20,26)/q+1. The van der Waals surface area contributed by atoms with Crippen molar-refractivity contribution in [1.82, 2.24) is 20.0 Å². The summed E-state index contributed by atoms with van der Waals surface area (Å²) in [4.78, 5) is 19.7. The average Bonchev–Trinajstić information content (AvgIpc) is 3.06. The molecule has 4 rings (SSSR count). The van der Waals surface area contributed by atoms with Crippen LogP contribution in [0.1, 0.15) is 19.4 Å². The second-order valence-electron chi connectivity index (χ2n) is 6.61. The van der Waals surface area contributed by atoms with Crippen molar-refractivity contribution in [1.29, 1.82) is 0 Å². The van der Waals surface area contributed by atoms with Gasteiger partial charge in [-0.25, -0.2) is 13.9 Å². The quantitative estimate of drug-likeness (QED) is 0.663. The Kier molecular flexibility index (Phi) is 4.35. The molecule has 3 heterocycles. The number of rotatable bonds is 1. The van der Waals surface area contributed by atoms with Crippen molar-refractivity contribution in [3.8, 4) is 5.75 Å². The van der Waals surface area contributed by atoms with E-state index in [-0.39, 0.29) is 25.0 Å². The molecule has 1 aliphatic rings. The van der Waals surface area contributed by atoms with Crippen molar-refractivity contribution < 1.29 is 14.0 Å². The number of ether oxygens (including phenoxy) is 1. The molecule has 9 heteroatoms. The number of nitrogens with zero attached hydrogens (tertiary/aromatic N) is 5. The van der Waals surface area contributed by atoms with Crippen LogP contribution in [0.2, 0.25) is 0 Å². The zero-order valence-electron chi connectivity index (χ0n) is 15.1. The van der Waals surface area contributed by atoms with Gasteiger partial charge < -0.3 is 9.64 Å². The number of fused-ring (bicyclic) bond motifs is 2. The van der Waals surface area contributed by atoms with Gasteiger partial charge in [-0.2, -0.15) is 5.10 Å². The number of nitrogens with one attached hydrogen (secondary N) is 1. The molecule has 2 bridgehead atoms. The first-order chi connectivity index (χ1) is 13.0. The summed E-state index contributed by atoms with van der Waals surface area (Å²) in [6.45, 7) is 5.02. The maximum Gasteiger partial charge on any atom is 0.356 e. The summed E-state index contributed by atoms with van der Waals surface area (Å²) in [5.41, 5.74) is 4.21. The summed E-state index contributed by atoms with van der Waals surface area (Å²) in [6, 6.07) is 6.37. The molecule has 0 aliphatic carbocycles. The SMILES string of the molecule is CC(C)N1Cc2cc(F)ccc2OCCN[N+](=O)c2cnn3ccc1nc23. The topological polar surface area (TPSA) is 74.8 Å². The van der Waals surface area contributed by atoms with Crippen molar-refractivity contribution in [2.75, 3.05) is 18.1 Å². The Hall–Kier alpha value is -3.23. The van der Waals surface area contributed by atoms with Crippen molar-refractivity contribution in [2.24, 2.45) is 0 Å². The molecule has 3 aromatic rings. The molecule has 0 radical (unpaired) electrons. The Morgan fingerprint density at radius 1 is 1.33 bits per heavy atom. The molecule has 0 spiro atoms. The lowest BCUT2D eigenvalue weighted by molar-refractivity contribution is -0.527. The number of aromatic nitrogens is 3. The lowest BCUT2D eigenvalue weighted by atomic mass is 10.1. The number of nitroso groups, excluding NO2 is 1. The van der Waals surface area contributed by atoms with E-state index in [9.17, 15) is 9.30 Å². The van der Waals surface area contributed by atoms with E-state index in [0.29, 0.717) is 34.3 Å². The molecule has 0 saturated heterocycles. The van der Waals surface area contributed by atoms with Crippen molar-refractivity contribution >= 4 is 17.2 Å². The summed E-state index contributed by atoms with van der Waals surface area (Å²) in [5, 5.41) is 4.17. The van der Waals surface area contributed by atoms with Gasteiger partial charge >= 0.3 is 5.69 Å². The minimum Gasteiger partial charge on any atom is -0.491 e. The molecule has 0 amide bonds. The molecule has 0 saturated carbocycles. The largest absolute Gasteiger partial charge is 0.491 e. The van der Waals surface area contributed by atoms with Crippen LogP contribution in [0.3, 0.4) is 0 Å². The van der Waals surface area contributed by atoms with Crippen LogP contribution in [0.15, 0.2) is 36.7 Å². The van der Waals surface area contributed by atoms with Crippen LogP contribution in [0.5, 0.6) is 5.75 Å². The minimum absolute atomic E-state index is 0.0917. The zero-order chi connectivity index (χ0) is 19.0. The fourth-order valence-corrected chi connectivity index (χ4v) is 3.07. The van der Waals surface area contributed by atoms with Crippen LogP contribution in [0.25, 0.3) is 5.65 Å². The van der Waals surface area contributed by atoms with E-state index in [4.69, 9.17) is 4.74 Å². The third-order valence-corrected chi connectivity index (χ3v) is 4.45. The molecule has 1 aromatic carbocycles. The van der Waals surface area contributed by atoms with E-state index >= 15 is 0 Å². The second kappa shape index (κ2) is 6.82. The maximum absolute atomic E-state index is 13.9. The van der Waals surface area contributed by atoms with Gasteiger partial charge in [0.05, 0.1) is 4.91 Å². The highest BCUT2D eigenvalue weighted by atomic mass is 19.1. The first-order valence-corrected chi connectivity index (χ1v) is 8.76. The van der Waals surface area contributed by atoms with Gasteiger partial charge in [0.15, 0.2) is 4.87 Å². The summed E-state index contributed by atoms with van der Waals surface area (Å²) >= 11 is 0. The average molecular weight is 371 g/mol. The van der Waals surface area contributed by atoms with E-state index in [0.717, 1.165) is 5.56 Å². The highest BCUT2D eigenvalue weighted by Gasteiger charge is 2.25. The molecule has 0 fully saturated rings. The summed E-state index contributed by atoms with van der Waals surface area (Å²) < 4.78 is 21.2. The Balaban J connectivity index is 1.85. The molecular formula is C18H20FN6O2+. The van der Waals surface area contributed by atoms with Gasteiger partial charge in [0, 0.05) is 24.3 Å². The van der Waals surface area contributed by atoms with Crippen molar-refractivity contribution in [3.63, 3.8) is 0 Å². The maximum atomic E-state index is 13.9. The van der Waals surface area contributed by atoms with Gasteiger partial charge in [0.2, 0.25) is 5.65 Å². The fourth-order valence-electron chi connectivity index (χ4n) is 3.07. The van der Waals surface area contributed by atoms with E-state index in [1.54, 1.807) is 16.8 Å². The third kappa shape index (κ3) is 3.27. The number of anilines is 1. The van der Waals surface area contributed by atoms with Crippen LogP contribution >= 0.6 is 0 Å². The molecular weight excluding hydrogens is 351 g/mol. The van der Waals surface area contributed by atoms with Gasteiger partial charge in [-0.05, 0) is 38.1 Å². The third-order valence-electron chi connectivity index (χ3n) is 4.45. The molecule has 0 atom stereocenters. The van der Waals surface area contributed by atoms with Gasteiger partial charge in [0.25, 0.3) is 0 Å². The Labute approximate surface area is 155 Å². The Bertz CT molecular complexity index is 1000. The first kappa shape index (κ1) is 17.2. The predicted octanol–water partition coefficient (Wildman–Crippen LogP) is 2.59. The van der Waals surface area contributed by atoms with E-state index in [1.807, 2.05) is 24.8 Å². The Morgan fingerprint density at radius 2 is 2.19 bits per heavy atom. The number of halogens is 1. The molecule has 8 nitrogen and oxygen atoms in total. The zero-order valence-corrected chi connectivity index (χ0v) is 15.1. The van der Waals surface area contributed by atoms with Crippen molar-refractivity contribution in [3.05, 3.63) is 52.9 Å². The van der Waals surface area contributed by atoms with Gasteiger partial charge in [-0.1, -0.05) is 0 Å². The fraction of sp³-hybridized carbons (Fsp3) is 0.333. The van der Waals surface area contributed by atoms with Gasteiger partial charge in [-0.3, -0.25) is 0 Å². The van der Waals surface area contributed by atoms with Gasteiger partial charge in [-0.15, -0.1) is 5.43 Å². The highest BCUT2D eigenvalue weighted by Crippen LogP contribution is 2.27. The second-order valence-corrected chi connectivity index (χ2v) is 6.61. The molecule has 0 unspecified atom stereocenters. The van der Waals surface area contributed by atoms with Crippen LogP contribution in [-0.2, 0) is 6.54 Å². The molecule has 1 aliphatic heterocycles. The van der Waals surface area contributed by atoms with E-state index in [2.05, 4.69) is 15.5 Å². The van der Waals surface area contributed by atoms with Gasteiger partial charge in [0.1, 0.15) is 36.7 Å². The van der Waals surface area contributed by atoms with E-state index in [1.165, 1.54) is 18.3 Å². The molecule has 2 aromatic heterocycles. The number of hydrogen-bond acceptors (Lipinski definition) is 5. The normalized spacial score (nSPS) is 15.0. The lowest BCUT2D eigenvalue weighted by Gasteiger charge is -2.28. The van der Waals surface area contributed by atoms with Crippen LogP contribution in [-0.4, -0.2) is 38.7 Å². The minimum atomic E-state index is -0.323. The Morgan fingerprint density at radius 3 is 3.00 bits per heavy atom. The van der Waals surface area contributed by atoms with Crippen LogP contribution < -0.4 is 15.1 Å². The first-order valence-electron chi connectivity index (χ1n) is 8.76. The molecule has 140 valence electrons. The lowest BCUT2D eigenvalue weighted by Crippen LogP contribution is -2.31. The molecule has 1 N–H and O–H groups in total. The summed E-state index contributed by atoms with van der Waals surface area (Å²) in [7, 11) is 0. The van der Waals surface area contributed by atoms with Crippen LogP contribution in [0.4, 0.5) is 15.9 Å². The predicted molar refractivity (Wildman–Crippen MR) is 97.5 cm³/mol. The monoisotopic (exact) mass is 371 g/mol. The van der Waals surface area contributed by atoms with E-state index < -0.39 is 0 Å². The van der Waals surface area contributed by atoms with Crippen molar-refractivity contribution in [2.45, 2.75) is 26.4 Å². The number of hydrazine groups is 1. The summed E-state index contributed by atoms with van der Waals surface area (Å²) in [5.74, 6) is 0.933. The number of hydrogen-bond donors (Lipinski definition) is 1. The molecule has 27 heavy (non-hydrogen) atoms. The number of benzene rings is 1. The smallest absolute Gasteiger partial charge is 0.356 e.